The molecule has 5 nitrogen and oxygen atoms in total. The Labute approximate surface area is 132 Å². The Kier molecular flexibility index (Phi) is 4.50. The van der Waals surface area contributed by atoms with E-state index in [2.05, 4.69) is 15.3 Å². The summed E-state index contributed by atoms with van der Waals surface area (Å²) in [7, 11) is 0. The largest absolute Gasteiger partial charge is 0.351 e. The van der Waals surface area contributed by atoms with Crippen molar-refractivity contribution < 1.29 is 4.79 Å². The highest BCUT2D eigenvalue weighted by Crippen LogP contribution is 2.23. The highest BCUT2D eigenvalue weighted by molar-refractivity contribution is 7.12. The van der Waals surface area contributed by atoms with Crippen LogP contribution in [0.3, 0.4) is 0 Å². The molecule has 22 heavy (non-hydrogen) atoms. The van der Waals surface area contributed by atoms with Gasteiger partial charge in [0, 0.05) is 24.3 Å². The smallest absolute Gasteiger partial charge is 0.261 e. The summed E-state index contributed by atoms with van der Waals surface area (Å²) in [6.07, 6.45) is 5.19. The number of nitrogens with one attached hydrogen (secondary N) is 2. The Hall–Kier alpha value is -2.18. The molecule has 0 aliphatic heterocycles. The molecule has 6 heteroatoms. The molecule has 0 saturated carbocycles. The van der Waals surface area contributed by atoms with E-state index < -0.39 is 0 Å². The first-order valence-corrected chi connectivity index (χ1v) is 8.13. The third-order valence-corrected chi connectivity index (χ3v) is 4.51. The summed E-state index contributed by atoms with van der Waals surface area (Å²) in [4.78, 5) is 20.4. The molecule has 0 bridgehead atoms. The molecule has 114 valence electrons. The number of fused-ring (bicyclic) bond motifs is 1. The quantitative estimate of drug-likeness (QED) is 0.610. The van der Waals surface area contributed by atoms with Crippen molar-refractivity contribution in [3.8, 4) is 0 Å². The van der Waals surface area contributed by atoms with E-state index in [1.54, 1.807) is 6.20 Å². The zero-order valence-corrected chi connectivity index (χ0v) is 13.0. The molecule has 3 aromatic heterocycles. The maximum Gasteiger partial charge on any atom is 0.261 e. The standard InChI is InChI=1S/C16H18N4OS/c17-5-1-6-20-16(21)14-12(4-9-22-14)10-11-2-7-18-15-13(11)3-8-19-15/h2-4,7-9H,1,5-6,10,17H2,(H,18,19)(H,20,21). The number of amides is 1. The van der Waals surface area contributed by atoms with Crippen molar-refractivity contribution in [1.29, 1.82) is 0 Å². The first-order chi connectivity index (χ1) is 10.8. The topological polar surface area (TPSA) is 83.8 Å². The minimum atomic E-state index is -0.0159. The highest BCUT2D eigenvalue weighted by Gasteiger charge is 2.14. The number of pyridine rings is 1. The second-order valence-electron chi connectivity index (χ2n) is 5.06. The summed E-state index contributed by atoms with van der Waals surface area (Å²) in [5.41, 5.74) is 8.54. The van der Waals surface area contributed by atoms with E-state index in [9.17, 15) is 4.79 Å². The molecule has 0 aliphatic rings. The fourth-order valence-corrected chi connectivity index (χ4v) is 3.27. The van der Waals surface area contributed by atoms with Gasteiger partial charge in [0.25, 0.3) is 5.91 Å². The molecule has 0 aromatic carbocycles. The Morgan fingerprint density at radius 2 is 2.23 bits per heavy atom. The monoisotopic (exact) mass is 314 g/mol. The van der Waals surface area contributed by atoms with Gasteiger partial charge < -0.3 is 16.0 Å². The van der Waals surface area contributed by atoms with Crippen molar-refractivity contribution in [2.45, 2.75) is 12.8 Å². The minimum absolute atomic E-state index is 0.0159. The predicted octanol–water partition coefficient (Wildman–Crippen LogP) is 2.29. The summed E-state index contributed by atoms with van der Waals surface area (Å²) in [6.45, 7) is 1.20. The van der Waals surface area contributed by atoms with Crippen LogP contribution in [0.5, 0.6) is 0 Å². The van der Waals surface area contributed by atoms with Gasteiger partial charge in [0.1, 0.15) is 5.65 Å². The second-order valence-corrected chi connectivity index (χ2v) is 5.98. The van der Waals surface area contributed by atoms with E-state index in [0.29, 0.717) is 13.1 Å². The number of H-pyrrole nitrogens is 1. The van der Waals surface area contributed by atoms with Gasteiger partial charge in [-0.2, -0.15) is 0 Å². The predicted molar refractivity (Wildman–Crippen MR) is 89.2 cm³/mol. The fourth-order valence-electron chi connectivity index (χ4n) is 2.44. The number of nitrogens with zero attached hydrogens (tertiary/aromatic N) is 1. The normalized spacial score (nSPS) is 11.0. The van der Waals surface area contributed by atoms with E-state index in [0.717, 1.165) is 34.3 Å². The molecule has 3 rings (SSSR count). The van der Waals surface area contributed by atoms with Gasteiger partial charge in [-0.05, 0) is 54.1 Å². The van der Waals surface area contributed by atoms with Gasteiger partial charge >= 0.3 is 0 Å². The molecular formula is C16H18N4OS. The number of thiophene rings is 1. The van der Waals surface area contributed by atoms with Crippen LogP contribution in [0.15, 0.2) is 36.0 Å². The maximum atomic E-state index is 12.2. The van der Waals surface area contributed by atoms with Crippen LogP contribution in [0.1, 0.15) is 27.2 Å². The Morgan fingerprint density at radius 3 is 3.09 bits per heavy atom. The average Bonchev–Trinajstić information content (AvgIpc) is 3.16. The van der Waals surface area contributed by atoms with E-state index >= 15 is 0 Å². The van der Waals surface area contributed by atoms with Crippen LogP contribution >= 0.6 is 11.3 Å². The molecule has 0 atom stereocenters. The van der Waals surface area contributed by atoms with Gasteiger partial charge in [0.05, 0.1) is 4.88 Å². The van der Waals surface area contributed by atoms with Crippen LogP contribution in [-0.2, 0) is 6.42 Å². The molecule has 3 heterocycles. The average molecular weight is 314 g/mol. The zero-order chi connectivity index (χ0) is 15.4. The van der Waals surface area contributed by atoms with Gasteiger partial charge in [0.2, 0.25) is 0 Å². The lowest BCUT2D eigenvalue weighted by molar-refractivity contribution is 0.0957. The molecule has 0 radical (unpaired) electrons. The van der Waals surface area contributed by atoms with Crippen molar-refractivity contribution in [2.24, 2.45) is 5.73 Å². The number of carbonyl (C=O) groups excluding carboxylic acids is 1. The molecule has 1 amide bonds. The lowest BCUT2D eigenvalue weighted by Gasteiger charge is -2.06. The Bertz CT molecular complexity index is 777. The minimum Gasteiger partial charge on any atom is -0.351 e. The van der Waals surface area contributed by atoms with Crippen molar-refractivity contribution in [2.75, 3.05) is 13.1 Å². The van der Waals surface area contributed by atoms with Gasteiger partial charge in [-0.25, -0.2) is 4.98 Å². The summed E-state index contributed by atoms with van der Waals surface area (Å²) in [5.74, 6) is -0.0159. The first-order valence-electron chi connectivity index (χ1n) is 7.25. The molecule has 4 N–H and O–H groups in total. The number of rotatable bonds is 6. The molecule has 0 unspecified atom stereocenters. The van der Waals surface area contributed by atoms with E-state index in [1.165, 1.54) is 16.9 Å². The number of nitrogens with two attached hydrogens (primary N) is 1. The lowest BCUT2D eigenvalue weighted by atomic mass is 10.0. The number of hydrogen-bond donors (Lipinski definition) is 3. The summed E-state index contributed by atoms with van der Waals surface area (Å²) in [6, 6.07) is 6.04. The van der Waals surface area contributed by atoms with Gasteiger partial charge in [0.15, 0.2) is 0 Å². The summed E-state index contributed by atoms with van der Waals surface area (Å²) in [5, 5.41) is 5.98. The molecule has 0 fully saturated rings. The van der Waals surface area contributed by atoms with Crippen LogP contribution in [-0.4, -0.2) is 29.0 Å². The van der Waals surface area contributed by atoms with Crippen LogP contribution in [0.4, 0.5) is 0 Å². The van der Waals surface area contributed by atoms with E-state index in [1.807, 2.05) is 29.8 Å². The lowest BCUT2D eigenvalue weighted by Crippen LogP contribution is -2.26. The zero-order valence-electron chi connectivity index (χ0n) is 12.1. The third-order valence-electron chi connectivity index (χ3n) is 3.55. The Balaban J connectivity index is 1.80. The van der Waals surface area contributed by atoms with Gasteiger partial charge in [-0.15, -0.1) is 11.3 Å². The van der Waals surface area contributed by atoms with Crippen molar-refractivity contribution in [3.05, 3.63) is 52.0 Å². The Morgan fingerprint density at radius 1 is 1.32 bits per heavy atom. The molecular weight excluding hydrogens is 296 g/mol. The van der Waals surface area contributed by atoms with E-state index in [-0.39, 0.29) is 5.91 Å². The molecule has 0 saturated heterocycles. The van der Waals surface area contributed by atoms with Crippen molar-refractivity contribution in [3.63, 3.8) is 0 Å². The van der Waals surface area contributed by atoms with Gasteiger partial charge in [-0.1, -0.05) is 0 Å². The number of carbonyl (C=O) groups is 1. The van der Waals surface area contributed by atoms with Crippen LogP contribution in [0.2, 0.25) is 0 Å². The van der Waals surface area contributed by atoms with Crippen LogP contribution in [0.25, 0.3) is 11.0 Å². The number of hydrogen-bond acceptors (Lipinski definition) is 4. The van der Waals surface area contributed by atoms with Crippen molar-refractivity contribution in [1.82, 2.24) is 15.3 Å². The number of aromatic nitrogens is 2. The van der Waals surface area contributed by atoms with Gasteiger partial charge in [-0.3, -0.25) is 4.79 Å². The second kappa shape index (κ2) is 6.72. The number of aromatic amines is 1. The van der Waals surface area contributed by atoms with E-state index in [4.69, 9.17) is 5.73 Å². The molecule has 3 aromatic rings. The third kappa shape index (κ3) is 3.03. The fraction of sp³-hybridized carbons (Fsp3) is 0.250. The van der Waals surface area contributed by atoms with Crippen LogP contribution < -0.4 is 11.1 Å². The first kappa shape index (κ1) is 14.7. The highest BCUT2D eigenvalue weighted by atomic mass is 32.1. The molecule has 0 aliphatic carbocycles. The summed E-state index contributed by atoms with van der Waals surface area (Å²) < 4.78 is 0. The van der Waals surface area contributed by atoms with Crippen molar-refractivity contribution >= 4 is 28.3 Å². The summed E-state index contributed by atoms with van der Waals surface area (Å²) >= 11 is 1.48. The maximum absolute atomic E-state index is 12.2. The molecule has 0 spiro atoms. The SMILES string of the molecule is NCCCNC(=O)c1sccc1Cc1ccnc2[nH]ccc12. The van der Waals surface area contributed by atoms with Crippen LogP contribution in [0, 0.1) is 0 Å².